The zero-order valence-corrected chi connectivity index (χ0v) is 15.3. The topological polar surface area (TPSA) is 42.8 Å². The predicted molar refractivity (Wildman–Crippen MR) is 99.9 cm³/mol. The van der Waals surface area contributed by atoms with Gasteiger partial charge in [0.1, 0.15) is 12.3 Å². The zero-order chi connectivity index (χ0) is 17.4. The Balaban J connectivity index is 1.89. The molecule has 0 aliphatic carbocycles. The number of nitrogens with one attached hydrogen (secondary N) is 2. The number of ether oxygens (including phenoxy) is 1. The highest BCUT2D eigenvalue weighted by molar-refractivity contribution is 7.98. The fourth-order valence-electron chi connectivity index (χ4n) is 2.47. The van der Waals surface area contributed by atoms with Crippen molar-refractivity contribution in [3.05, 3.63) is 54.1 Å². The number of carbonyl (C=O) groups excluding carboxylic acids is 1. The molecule has 0 bridgehead atoms. The van der Waals surface area contributed by atoms with E-state index in [9.17, 15) is 4.79 Å². The third kappa shape index (κ3) is 5.58. The van der Waals surface area contributed by atoms with E-state index in [-0.39, 0.29) is 5.91 Å². The quantitative estimate of drug-likeness (QED) is 0.722. The zero-order valence-electron chi connectivity index (χ0n) is 14.5. The van der Waals surface area contributed by atoms with Gasteiger partial charge in [0, 0.05) is 10.5 Å². The van der Waals surface area contributed by atoms with Crippen molar-refractivity contribution >= 4 is 23.4 Å². The third-order valence-electron chi connectivity index (χ3n) is 3.59. The lowest BCUT2D eigenvalue weighted by Crippen LogP contribution is -3.08. The SMILES string of the molecule is CCOc1ccccc1NC(=O)C[NH+](C)Cc1ccc(SC)cc1. The molecule has 0 radical (unpaired) electrons. The Morgan fingerprint density at radius 3 is 2.54 bits per heavy atom. The minimum absolute atomic E-state index is 0.0135. The maximum absolute atomic E-state index is 12.3. The number of benzene rings is 2. The highest BCUT2D eigenvalue weighted by Gasteiger charge is 2.13. The molecule has 2 N–H and O–H groups in total. The van der Waals surface area contributed by atoms with E-state index in [1.54, 1.807) is 11.8 Å². The number of anilines is 1. The van der Waals surface area contributed by atoms with Crippen molar-refractivity contribution in [1.82, 2.24) is 0 Å². The van der Waals surface area contributed by atoms with Crippen molar-refractivity contribution in [3.63, 3.8) is 0 Å². The fraction of sp³-hybridized carbons (Fsp3) is 0.316. The van der Waals surface area contributed by atoms with Crippen LogP contribution in [0.4, 0.5) is 5.69 Å². The molecule has 1 unspecified atom stereocenters. The summed E-state index contributed by atoms with van der Waals surface area (Å²) in [6.45, 7) is 3.73. The van der Waals surface area contributed by atoms with Crippen LogP contribution in [-0.4, -0.2) is 32.4 Å². The van der Waals surface area contributed by atoms with Crippen LogP contribution in [0.15, 0.2) is 53.4 Å². The molecule has 24 heavy (non-hydrogen) atoms. The molecular formula is C19H25N2O2S+. The lowest BCUT2D eigenvalue weighted by molar-refractivity contribution is -0.885. The maximum Gasteiger partial charge on any atom is 0.279 e. The van der Waals surface area contributed by atoms with Crippen LogP contribution in [0.2, 0.25) is 0 Å². The van der Waals surface area contributed by atoms with E-state index in [1.807, 2.05) is 38.2 Å². The summed E-state index contributed by atoms with van der Waals surface area (Å²) in [4.78, 5) is 14.7. The highest BCUT2D eigenvalue weighted by atomic mass is 32.2. The number of rotatable bonds is 8. The molecule has 2 rings (SSSR count). The monoisotopic (exact) mass is 345 g/mol. The molecular weight excluding hydrogens is 320 g/mol. The Hall–Kier alpha value is -1.98. The van der Waals surface area contributed by atoms with Crippen LogP contribution in [0.3, 0.4) is 0 Å². The fourth-order valence-corrected chi connectivity index (χ4v) is 2.88. The summed E-state index contributed by atoms with van der Waals surface area (Å²) in [5, 5.41) is 2.94. The summed E-state index contributed by atoms with van der Waals surface area (Å²) in [6, 6.07) is 16.0. The summed E-state index contributed by atoms with van der Waals surface area (Å²) < 4.78 is 5.54. The van der Waals surface area contributed by atoms with Crippen LogP contribution in [0, 0.1) is 0 Å². The third-order valence-corrected chi connectivity index (χ3v) is 4.33. The van der Waals surface area contributed by atoms with Crippen molar-refractivity contribution in [3.8, 4) is 5.75 Å². The van der Waals surface area contributed by atoms with E-state index in [0.29, 0.717) is 18.9 Å². The van der Waals surface area contributed by atoms with Crippen LogP contribution in [0.5, 0.6) is 5.75 Å². The van der Waals surface area contributed by atoms with Crippen molar-refractivity contribution < 1.29 is 14.4 Å². The first kappa shape index (κ1) is 18.4. The molecule has 128 valence electrons. The van der Waals surface area contributed by atoms with Crippen molar-refractivity contribution in [1.29, 1.82) is 0 Å². The van der Waals surface area contributed by atoms with Gasteiger partial charge in [0.05, 0.1) is 19.3 Å². The summed E-state index contributed by atoms with van der Waals surface area (Å²) in [7, 11) is 2.02. The van der Waals surface area contributed by atoms with E-state index < -0.39 is 0 Å². The normalized spacial score (nSPS) is 11.8. The lowest BCUT2D eigenvalue weighted by atomic mass is 10.2. The first-order chi connectivity index (χ1) is 11.6. The second-order valence-corrected chi connectivity index (χ2v) is 6.52. The van der Waals surface area contributed by atoms with Gasteiger partial charge < -0.3 is 15.0 Å². The lowest BCUT2D eigenvalue weighted by Gasteiger charge is -2.15. The smallest absolute Gasteiger partial charge is 0.279 e. The Morgan fingerprint density at radius 2 is 1.88 bits per heavy atom. The number of hydrogen-bond donors (Lipinski definition) is 2. The van der Waals surface area contributed by atoms with Crippen LogP contribution in [0.1, 0.15) is 12.5 Å². The van der Waals surface area contributed by atoms with Gasteiger partial charge in [-0.1, -0.05) is 24.3 Å². The highest BCUT2D eigenvalue weighted by Crippen LogP contribution is 2.23. The maximum atomic E-state index is 12.3. The summed E-state index contributed by atoms with van der Waals surface area (Å²) in [6.07, 6.45) is 2.07. The van der Waals surface area contributed by atoms with Crippen molar-refractivity contribution in [2.45, 2.75) is 18.4 Å². The van der Waals surface area contributed by atoms with E-state index in [4.69, 9.17) is 4.74 Å². The molecule has 0 heterocycles. The molecule has 0 fully saturated rings. The average molecular weight is 345 g/mol. The number of thioether (sulfide) groups is 1. The average Bonchev–Trinajstić information content (AvgIpc) is 2.57. The van der Waals surface area contributed by atoms with E-state index in [0.717, 1.165) is 17.1 Å². The number of carbonyl (C=O) groups is 1. The molecule has 0 spiro atoms. The summed E-state index contributed by atoms with van der Waals surface area (Å²) >= 11 is 1.73. The van der Waals surface area contributed by atoms with Gasteiger partial charge in [-0.3, -0.25) is 4.79 Å². The molecule has 0 aromatic heterocycles. The second-order valence-electron chi connectivity index (χ2n) is 5.64. The van der Waals surface area contributed by atoms with E-state index >= 15 is 0 Å². The minimum Gasteiger partial charge on any atom is -0.492 e. The van der Waals surface area contributed by atoms with Gasteiger partial charge >= 0.3 is 0 Å². The molecule has 2 aromatic rings. The van der Waals surface area contributed by atoms with Gasteiger partial charge in [0.25, 0.3) is 5.91 Å². The first-order valence-electron chi connectivity index (χ1n) is 8.08. The van der Waals surface area contributed by atoms with Gasteiger partial charge in [0.15, 0.2) is 6.54 Å². The van der Waals surface area contributed by atoms with E-state index in [2.05, 4.69) is 35.8 Å². The molecule has 2 aromatic carbocycles. The molecule has 1 atom stereocenters. The van der Waals surface area contributed by atoms with Crippen LogP contribution < -0.4 is 15.0 Å². The van der Waals surface area contributed by atoms with Gasteiger partial charge in [-0.2, -0.15) is 0 Å². The molecule has 0 aliphatic rings. The number of amides is 1. The van der Waals surface area contributed by atoms with Crippen molar-refractivity contribution in [2.75, 3.05) is 31.8 Å². The molecule has 0 saturated carbocycles. The number of likely N-dealkylation sites (N-methyl/N-ethyl adjacent to an activating group) is 1. The van der Waals surface area contributed by atoms with Crippen LogP contribution in [0.25, 0.3) is 0 Å². The van der Waals surface area contributed by atoms with Gasteiger partial charge in [-0.05, 0) is 37.4 Å². The Morgan fingerprint density at radius 1 is 1.17 bits per heavy atom. The largest absolute Gasteiger partial charge is 0.492 e. The predicted octanol–water partition coefficient (Wildman–Crippen LogP) is 2.46. The summed E-state index contributed by atoms with van der Waals surface area (Å²) in [5.74, 6) is 0.694. The first-order valence-corrected chi connectivity index (χ1v) is 9.30. The van der Waals surface area contributed by atoms with Crippen LogP contribution in [-0.2, 0) is 11.3 Å². The number of para-hydroxylation sites is 2. The molecule has 1 amide bonds. The number of hydrogen-bond acceptors (Lipinski definition) is 3. The standard InChI is InChI=1S/C19H24N2O2S/c1-4-23-18-8-6-5-7-17(18)20-19(22)14-21(2)13-15-9-11-16(24-3)12-10-15/h5-12H,4,13-14H2,1-3H3,(H,20,22)/p+1. The Bertz CT molecular complexity index is 659. The Kier molecular flexibility index (Phi) is 7.15. The molecule has 0 saturated heterocycles. The van der Waals surface area contributed by atoms with Crippen LogP contribution >= 0.6 is 11.8 Å². The van der Waals surface area contributed by atoms with Gasteiger partial charge in [-0.15, -0.1) is 11.8 Å². The molecule has 0 aliphatic heterocycles. The molecule has 4 nitrogen and oxygen atoms in total. The van der Waals surface area contributed by atoms with Gasteiger partial charge in [0.2, 0.25) is 0 Å². The second kappa shape index (κ2) is 9.35. The number of quaternary nitrogens is 1. The van der Waals surface area contributed by atoms with Crippen molar-refractivity contribution in [2.24, 2.45) is 0 Å². The summed E-state index contributed by atoms with van der Waals surface area (Å²) in [5.41, 5.74) is 1.95. The molecule has 5 heteroatoms. The Labute approximate surface area is 148 Å². The van der Waals surface area contributed by atoms with E-state index in [1.165, 1.54) is 10.5 Å². The minimum atomic E-state index is -0.0135. The van der Waals surface area contributed by atoms with Gasteiger partial charge in [-0.25, -0.2) is 0 Å².